The van der Waals surface area contributed by atoms with E-state index in [2.05, 4.69) is 29.5 Å². The smallest absolute Gasteiger partial charge is 0.236 e. The Labute approximate surface area is 107 Å². The molecule has 0 bridgehead atoms. The van der Waals surface area contributed by atoms with Crippen LogP contribution in [0.4, 0.5) is 0 Å². The van der Waals surface area contributed by atoms with Gasteiger partial charge in [0.25, 0.3) is 0 Å². The van der Waals surface area contributed by atoms with Crippen LogP contribution in [0, 0.1) is 12.8 Å². The van der Waals surface area contributed by atoms with Crippen molar-refractivity contribution in [2.24, 2.45) is 5.92 Å². The summed E-state index contributed by atoms with van der Waals surface area (Å²) < 4.78 is 0. The minimum absolute atomic E-state index is 0.0469. The second kappa shape index (κ2) is 6.71. The van der Waals surface area contributed by atoms with E-state index >= 15 is 0 Å². The van der Waals surface area contributed by atoms with Crippen LogP contribution in [0.5, 0.6) is 0 Å². The molecular formula is C12H21N3OS. The number of hydrogen-bond donors (Lipinski definition) is 2. The first-order valence-corrected chi connectivity index (χ1v) is 6.79. The van der Waals surface area contributed by atoms with E-state index in [9.17, 15) is 4.79 Å². The Morgan fingerprint density at radius 1 is 1.47 bits per heavy atom. The lowest BCUT2D eigenvalue weighted by atomic mass is 10.2. The molecule has 0 saturated heterocycles. The summed E-state index contributed by atoms with van der Waals surface area (Å²) in [5, 5.41) is 9.14. The molecule has 4 nitrogen and oxygen atoms in total. The van der Waals surface area contributed by atoms with E-state index in [4.69, 9.17) is 0 Å². The largest absolute Gasteiger partial charge is 0.354 e. The van der Waals surface area contributed by atoms with E-state index in [-0.39, 0.29) is 11.9 Å². The standard InChI is InChI=1S/C12H21N3OS/c1-8(2)5-14-12(16)9(3)13-6-11-7-17-10(4)15-11/h7-9,13H,5-6H2,1-4H3,(H,14,16). The predicted molar refractivity (Wildman–Crippen MR) is 71.0 cm³/mol. The minimum Gasteiger partial charge on any atom is -0.354 e. The number of amides is 1. The number of aromatic nitrogens is 1. The van der Waals surface area contributed by atoms with Gasteiger partial charge in [-0.15, -0.1) is 11.3 Å². The molecule has 0 fully saturated rings. The minimum atomic E-state index is -0.184. The fraction of sp³-hybridized carbons (Fsp3) is 0.667. The van der Waals surface area contributed by atoms with Crippen LogP contribution in [0.2, 0.25) is 0 Å². The van der Waals surface area contributed by atoms with Gasteiger partial charge < -0.3 is 10.6 Å². The number of nitrogens with one attached hydrogen (secondary N) is 2. The molecule has 0 aliphatic carbocycles. The van der Waals surface area contributed by atoms with Crippen LogP contribution in [0.15, 0.2) is 5.38 Å². The van der Waals surface area contributed by atoms with E-state index in [0.717, 1.165) is 17.2 Å². The maximum absolute atomic E-state index is 11.7. The Hall–Kier alpha value is -0.940. The Morgan fingerprint density at radius 2 is 2.18 bits per heavy atom. The van der Waals surface area contributed by atoms with Crippen LogP contribution in [0.25, 0.3) is 0 Å². The third-order valence-electron chi connectivity index (χ3n) is 2.33. The van der Waals surface area contributed by atoms with Crippen LogP contribution in [0.1, 0.15) is 31.5 Å². The number of carbonyl (C=O) groups excluding carboxylic acids is 1. The Kier molecular flexibility index (Phi) is 5.58. The van der Waals surface area contributed by atoms with E-state index in [1.807, 2.05) is 19.2 Å². The monoisotopic (exact) mass is 255 g/mol. The number of hydrogen-bond acceptors (Lipinski definition) is 4. The van der Waals surface area contributed by atoms with Crippen molar-refractivity contribution in [3.63, 3.8) is 0 Å². The van der Waals surface area contributed by atoms with Crippen LogP contribution < -0.4 is 10.6 Å². The van der Waals surface area contributed by atoms with Gasteiger partial charge in [-0.3, -0.25) is 4.79 Å². The van der Waals surface area contributed by atoms with Crippen molar-refractivity contribution >= 4 is 17.2 Å². The molecule has 0 aliphatic heterocycles. The fourth-order valence-electron chi connectivity index (χ4n) is 1.30. The number of rotatable bonds is 6. The Morgan fingerprint density at radius 3 is 2.71 bits per heavy atom. The molecule has 0 spiro atoms. The van der Waals surface area contributed by atoms with Gasteiger partial charge in [0.15, 0.2) is 0 Å². The summed E-state index contributed by atoms with van der Waals surface area (Å²) in [6.45, 7) is 9.37. The van der Waals surface area contributed by atoms with Crippen LogP contribution >= 0.6 is 11.3 Å². The van der Waals surface area contributed by atoms with Gasteiger partial charge in [-0.2, -0.15) is 0 Å². The van der Waals surface area contributed by atoms with Crippen molar-refractivity contribution < 1.29 is 4.79 Å². The lowest BCUT2D eigenvalue weighted by Gasteiger charge is -2.14. The maximum Gasteiger partial charge on any atom is 0.236 e. The van der Waals surface area contributed by atoms with E-state index in [0.29, 0.717) is 12.5 Å². The molecule has 96 valence electrons. The molecule has 5 heteroatoms. The first kappa shape index (κ1) is 14.1. The molecule has 1 atom stereocenters. The van der Waals surface area contributed by atoms with E-state index in [1.54, 1.807) is 11.3 Å². The third-order valence-corrected chi connectivity index (χ3v) is 3.16. The zero-order valence-electron chi connectivity index (χ0n) is 10.9. The SMILES string of the molecule is Cc1nc(CNC(C)C(=O)NCC(C)C)cs1. The van der Waals surface area contributed by atoms with Gasteiger partial charge in [0, 0.05) is 18.5 Å². The number of carbonyl (C=O) groups is 1. The number of thiazole rings is 1. The highest BCUT2D eigenvalue weighted by Crippen LogP contribution is 2.07. The molecule has 1 heterocycles. The number of nitrogens with zero attached hydrogens (tertiary/aromatic N) is 1. The van der Waals surface area contributed by atoms with Crippen molar-refractivity contribution in [3.8, 4) is 0 Å². The molecule has 2 N–H and O–H groups in total. The molecule has 1 aromatic rings. The number of aryl methyl sites for hydroxylation is 1. The van der Waals surface area contributed by atoms with E-state index in [1.165, 1.54) is 0 Å². The fourth-order valence-corrected chi connectivity index (χ4v) is 1.91. The van der Waals surface area contributed by atoms with Gasteiger partial charge in [0.05, 0.1) is 16.7 Å². The lowest BCUT2D eigenvalue weighted by Crippen LogP contribution is -2.43. The molecular weight excluding hydrogens is 234 g/mol. The van der Waals surface area contributed by atoms with Crippen molar-refractivity contribution in [1.82, 2.24) is 15.6 Å². The first-order valence-electron chi connectivity index (χ1n) is 5.91. The predicted octanol–water partition coefficient (Wildman–Crippen LogP) is 1.70. The normalized spacial score (nSPS) is 12.8. The van der Waals surface area contributed by atoms with Crippen molar-refractivity contribution in [1.29, 1.82) is 0 Å². The Bertz CT molecular complexity index is 362. The summed E-state index contributed by atoms with van der Waals surface area (Å²) in [6.07, 6.45) is 0. The summed E-state index contributed by atoms with van der Waals surface area (Å²) in [5.41, 5.74) is 0.996. The molecule has 1 rings (SSSR count). The molecule has 1 unspecified atom stereocenters. The molecule has 0 radical (unpaired) electrons. The van der Waals surface area contributed by atoms with Crippen molar-refractivity contribution in [2.75, 3.05) is 6.54 Å². The van der Waals surface area contributed by atoms with Crippen LogP contribution in [-0.4, -0.2) is 23.5 Å². The highest BCUT2D eigenvalue weighted by molar-refractivity contribution is 7.09. The zero-order valence-corrected chi connectivity index (χ0v) is 11.7. The van der Waals surface area contributed by atoms with Crippen molar-refractivity contribution in [3.05, 3.63) is 16.1 Å². The average molecular weight is 255 g/mol. The van der Waals surface area contributed by atoms with Gasteiger partial charge >= 0.3 is 0 Å². The molecule has 1 aromatic heterocycles. The van der Waals surface area contributed by atoms with Gasteiger partial charge in [-0.25, -0.2) is 4.98 Å². The van der Waals surface area contributed by atoms with Crippen LogP contribution in [-0.2, 0) is 11.3 Å². The summed E-state index contributed by atoms with van der Waals surface area (Å²) in [4.78, 5) is 16.0. The maximum atomic E-state index is 11.7. The molecule has 17 heavy (non-hydrogen) atoms. The highest BCUT2D eigenvalue weighted by Gasteiger charge is 2.12. The zero-order chi connectivity index (χ0) is 12.8. The summed E-state index contributed by atoms with van der Waals surface area (Å²) in [5.74, 6) is 0.526. The molecule has 0 aliphatic rings. The van der Waals surface area contributed by atoms with E-state index < -0.39 is 0 Å². The highest BCUT2D eigenvalue weighted by atomic mass is 32.1. The average Bonchev–Trinajstić information content (AvgIpc) is 2.68. The van der Waals surface area contributed by atoms with Crippen LogP contribution in [0.3, 0.4) is 0 Å². The summed E-state index contributed by atoms with van der Waals surface area (Å²) in [6, 6.07) is -0.184. The Balaban J connectivity index is 2.29. The van der Waals surface area contributed by atoms with Crippen molar-refractivity contribution in [2.45, 2.75) is 40.3 Å². The van der Waals surface area contributed by atoms with Gasteiger partial charge in [0.2, 0.25) is 5.91 Å². The second-order valence-corrected chi connectivity index (χ2v) is 5.66. The topological polar surface area (TPSA) is 54.0 Å². The lowest BCUT2D eigenvalue weighted by molar-refractivity contribution is -0.122. The van der Waals surface area contributed by atoms with Gasteiger partial charge in [0.1, 0.15) is 0 Å². The first-order chi connectivity index (χ1) is 7.99. The molecule has 0 saturated carbocycles. The molecule has 0 aromatic carbocycles. The van der Waals surface area contributed by atoms with Gasteiger partial charge in [-0.1, -0.05) is 13.8 Å². The second-order valence-electron chi connectivity index (χ2n) is 4.60. The summed E-state index contributed by atoms with van der Waals surface area (Å²) >= 11 is 1.63. The summed E-state index contributed by atoms with van der Waals surface area (Å²) in [7, 11) is 0. The third kappa shape index (κ3) is 5.28. The quantitative estimate of drug-likeness (QED) is 0.813. The molecule has 1 amide bonds. The van der Waals surface area contributed by atoms with Gasteiger partial charge in [-0.05, 0) is 19.8 Å².